The number of ether oxygens (including phenoxy) is 1. The van der Waals surface area contributed by atoms with Crippen molar-refractivity contribution in [2.45, 2.75) is 32.2 Å². The molecule has 1 aromatic carbocycles. The van der Waals surface area contributed by atoms with Crippen LogP contribution in [0.2, 0.25) is 0 Å². The van der Waals surface area contributed by atoms with Crippen LogP contribution in [0.5, 0.6) is 0 Å². The average molecular weight is 376 g/mol. The van der Waals surface area contributed by atoms with E-state index in [1.807, 2.05) is 6.92 Å². The highest BCUT2D eigenvalue weighted by molar-refractivity contribution is 6.21. The number of nitrogens with zero attached hydrogens (tertiary/aromatic N) is 2. The molecule has 0 bridgehead atoms. The lowest BCUT2D eigenvalue weighted by Crippen LogP contribution is -2.45. The lowest BCUT2D eigenvalue weighted by Gasteiger charge is -2.30. The zero-order valence-electron chi connectivity index (χ0n) is 15.5. The van der Waals surface area contributed by atoms with Gasteiger partial charge in [-0.2, -0.15) is 0 Å². The lowest BCUT2D eigenvalue weighted by atomic mass is 10.1. The second-order valence-electron chi connectivity index (χ2n) is 6.22. The number of esters is 1. The molecular weight excluding hydrogens is 352 g/mol. The molecule has 0 radical (unpaired) electrons. The zero-order chi connectivity index (χ0) is 20.0. The minimum absolute atomic E-state index is 0.00571. The molecule has 0 fully saturated rings. The van der Waals surface area contributed by atoms with Gasteiger partial charge in [-0.15, -0.1) is 0 Å². The van der Waals surface area contributed by atoms with Gasteiger partial charge < -0.3 is 14.7 Å². The van der Waals surface area contributed by atoms with Crippen LogP contribution in [0.25, 0.3) is 0 Å². The van der Waals surface area contributed by atoms with Gasteiger partial charge in [0.1, 0.15) is 0 Å². The molecule has 27 heavy (non-hydrogen) atoms. The van der Waals surface area contributed by atoms with Crippen molar-refractivity contribution in [3.63, 3.8) is 0 Å². The van der Waals surface area contributed by atoms with E-state index in [-0.39, 0.29) is 38.4 Å². The minimum Gasteiger partial charge on any atom is -0.469 e. The molecule has 8 nitrogen and oxygen atoms in total. The molecular formula is C19H24N2O6. The lowest BCUT2D eigenvalue weighted by molar-refractivity contribution is -0.142. The Morgan fingerprint density at radius 1 is 1.15 bits per heavy atom. The van der Waals surface area contributed by atoms with Gasteiger partial charge in [-0.3, -0.25) is 24.1 Å². The van der Waals surface area contributed by atoms with E-state index >= 15 is 0 Å². The van der Waals surface area contributed by atoms with Gasteiger partial charge in [-0.05, 0) is 18.6 Å². The summed E-state index contributed by atoms with van der Waals surface area (Å²) in [5.74, 6) is -1.63. The van der Waals surface area contributed by atoms with Gasteiger partial charge in [0.05, 0.1) is 37.3 Å². The van der Waals surface area contributed by atoms with E-state index in [1.165, 1.54) is 12.0 Å². The quantitative estimate of drug-likeness (QED) is 0.506. The van der Waals surface area contributed by atoms with Crippen LogP contribution >= 0.6 is 0 Å². The molecule has 146 valence electrons. The molecule has 2 rings (SSSR count). The third-order valence-electron chi connectivity index (χ3n) is 4.66. The van der Waals surface area contributed by atoms with Crippen LogP contribution < -0.4 is 0 Å². The van der Waals surface area contributed by atoms with Crippen molar-refractivity contribution >= 4 is 23.7 Å². The van der Waals surface area contributed by atoms with Crippen molar-refractivity contribution in [1.29, 1.82) is 0 Å². The third-order valence-corrected chi connectivity index (χ3v) is 4.66. The van der Waals surface area contributed by atoms with Crippen LogP contribution in [0.4, 0.5) is 0 Å². The minimum atomic E-state index is -0.457. The molecule has 1 heterocycles. The van der Waals surface area contributed by atoms with Crippen molar-refractivity contribution in [3.8, 4) is 0 Å². The summed E-state index contributed by atoms with van der Waals surface area (Å²) in [6, 6.07) is 6.09. The SMILES string of the molecule is CCC(CO)N(CCC(=O)OC)C(=O)CCN1C(=O)c2ccccc2C1=O. The summed E-state index contributed by atoms with van der Waals surface area (Å²) in [6.07, 6.45) is 0.436. The number of hydrogen-bond donors (Lipinski definition) is 1. The van der Waals surface area contributed by atoms with Gasteiger partial charge in [0.2, 0.25) is 5.91 Å². The topological polar surface area (TPSA) is 104 Å². The monoisotopic (exact) mass is 376 g/mol. The number of aliphatic hydroxyl groups excluding tert-OH is 1. The van der Waals surface area contributed by atoms with Crippen molar-refractivity contribution in [1.82, 2.24) is 9.80 Å². The van der Waals surface area contributed by atoms with Gasteiger partial charge in [0, 0.05) is 19.5 Å². The van der Waals surface area contributed by atoms with Crippen LogP contribution in [-0.2, 0) is 14.3 Å². The van der Waals surface area contributed by atoms with Gasteiger partial charge >= 0.3 is 5.97 Å². The standard InChI is InChI=1S/C19H24N2O6/c1-3-13(12-22)20(11-9-17(24)27-2)16(23)8-10-21-18(25)14-6-4-5-7-15(14)19(21)26/h4-7,13,22H,3,8-12H2,1-2H3. The smallest absolute Gasteiger partial charge is 0.307 e. The maximum absolute atomic E-state index is 12.7. The van der Waals surface area contributed by atoms with Crippen molar-refractivity contribution in [3.05, 3.63) is 35.4 Å². The highest BCUT2D eigenvalue weighted by Gasteiger charge is 2.35. The molecule has 0 aromatic heterocycles. The number of carbonyl (C=O) groups excluding carboxylic acids is 4. The number of methoxy groups -OCH3 is 1. The molecule has 0 saturated heterocycles. The molecule has 0 spiro atoms. The number of fused-ring (bicyclic) bond motifs is 1. The summed E-state index contributed by atoms with van der Waals surface area (Å²) in [5.41, 5.74) is 0.665. The first-order valence-corrected chi connectivity index (χ1v) is 8.86. The first kappa shape index (κ1) is 20.6. The van der Waals surface area contributed by atoms with E-state index in [9.17, 15) is 24.3 Å². The first-order valence-electron chi connectivity index (χ1n) is 8.86. The first-order chi connectivity index (χ1) is 12.9. The fourth-order valence-corrected chi connectivity index (χ4v) is 3.07. The Balaban J connectivity index is 2.04. The van der Waals surface area contributed by atoms with E-state index < -0.39 is 23.8 Å². The van der Waals surface area contributed by atoms with Gasteiger partial charge in [0.25, 0.3) is 11.8 Å². The largest absolute Gasteiger partial charge is 0.469 e. The maximum Gasteiger partial charge on any atom is 0.307 e. The predicted octanol–water partition coefficient (Wildman–Crippen LogP) is 0.835. The molecule has 3 amide bonds. The summed E-state index contributed by atoms with van der Waals surface area (Å²) in [4.78, 5) is 51.3. The summed E-state index contributed by atoms with van der Waals surface area (Å²) < 4.78 is 4.60. The summed E-state index contributed by atoms with van der Waals surface area (Å²) in [7, 11) is 1.26. The highest BCUT2D eigenvalue weighted by Crippen LogP contribution is 2.22. The second kappa shape index (κ2) is 9.27. The number of amides is 3. The molecule has 0 saturated carbocycles. The van der Waals surface area contributed by atoms with Gasteiger partial charge in [-0.1, -0.05) is 19.1 Å². The Bertz CT molecular complexity index is 694. The fraction of sp³-hybridized carbons (Fsp3) is 0.474. The average Bonchev–Trinajstić information content (AvgIpc) is 2.93. The van der Waals surface area contributed by atoms with E-state index in [4.69, 9.17) is 0 Å². The number of benzene rings is 1. The van der Waals surface area contributed by atoms with E-state index in [2.05, 4.69) is 4.74 Å². The zero-order valence-corrected chi connectivity index (χ0v) is 15.5. The molecule has 1 aliphatic rings. The van der Waals surface area contributed by atoms with Gasteiger partial charge in [0.15, 0.2) is 0 Å². The molecule has 1 atom stereocenters. The summed E-state index contributed by atoms with van der Waals surface area (Å²) in [6.45, 7) is 1.63. The van der Waals surface area contributed by atoms with E-state index in [0.717, 1.165) is 4.90 Å². The number of carbonyl (C=O) groups is 4. The Hall–Kier alpha value is -2.74. The summed E-state index contributed by atoms with van der Waals surface area (Å²) >= 11 is 0. The van der Waals surface area contributed by atoms with Crippen LogP contribution in [-0.4, -0.2) is 71.4 Å². The Morgan fingerprint density at radius 2 is 1.74 bits per heavy atom. The van der Waals surface area contributed by atoms with Crippen LogP contribution in [0.15, 0.2) is 24.3 Å². The molecule has 1 unspecified atom stereocenters. The Morgan fingerprint density at radius 3 is 2.22 bits per heavy atom. The molecule has 8 heteroatoms. The van der Waals surface area contributed by atoms with Crippen LogP contribution in [0.3, 0.4) is 0 Å². The summed E-state index contributed by atoms with van der Waals surface area (Å²) in [5, 5.41) is 9.52. The van der Waals surface area contributed by atoms with Gasteiger partial charge in [-0.25, -0.2) is 0 Å². The molecule has 1 N–H and O–H groups in total. The van der Waals surface area contributed by atoms with Crippen molar-refractivity contribution in [2.75, 3.05) is 26.8 Å². The number of aliphatic hydroxyl groups is 1. The maximum atomic E-state index is 12.7. The van der Waals surface area contributed by atoms with Crippen LogP contribution in [0, 0.1) is 0 Å². The number of imide groups is 1. The van der Waals surface area contributed by atoms with Crippen LogP contribution in [0.1, 0.15) is 46.9 Å². The Kier molecular flexibility index (Phi) is 7.06. The van der Waals surface area contributed by atoms with E-state index in [0.29, 0.717) is 17.5 Å². The fourth-order valence-electron chi connectivity index (χ4n) is 3.07. The predicted molar refractivity (Wildman–Crippen MR) is 95.9 cm³/mol. The third kappa shape index (κ3) is 4.51. The van der Waals surface area contributed by atoms with Crippen molar-refractivity contribution < 1.29 is 29.0 Å². The molecule has 0 aliphatic carbocycles. The second-order valence-corrected chi connectivity index (χ2v) is 6.22. The van der Waals surface area contributed by atoms with E-state index in [1.54, 1.807) is 24.3 Å². The molecule has 1 aromatic rings. The van der Waals surface area contributed by atoms with Crippen molar-refractivity contribution in [2.24, 2.45) is 0 Å². The Labute approximate surface area is 157 Å². The normalized spacial score (nSPS) is 14.1. The number of hydrogen-bond acceptors (Lipinski definition) is 6. The molecule has 1 aliphatic heterocycles. The highest BCUT2D eigenvalue weighted by atomic mass is 16.5. The number of rotatable bonds is 9.